The molecule has 0 saturated carbocycles. The molecule has 8 nitrogen and oxygen atoms in total. The van der Waals surface area contributed by atoms with Crippen molar-refractivity contribution in [2.24, 2.45) is 0 Å². The summed E-state index contributed by atoms with van der Waals surface area (Å²) >= 11 is 0. The van der Waals surface area contributed by atoms with Crippen LogP contribution in [0.15, 0.2) is 79.1 Å². The molecule has 1 atom stereocenters. The molecule has 0 saturated heterocycles. The lowest BCUT2D eigenvalue weighted by molar-refractivity contribution is -0.141. The minimum Gasteiger partial charge on any atom is -0.350 e. The van der Waals surface area contributed by atoms with E-state index < -0.39 is 40.2 Å². The third-order valence-corrected chi connectivity index (χ3v) is 6.94. The minimum atomic E-state index is -3.63. The fraction of sp³-hybridized carbons (Fsp3) is 0.269. The molecule has 1 heterocycles. The Labute approximate surface area is 210 Å². The van der Waals surface area contributed by atoms with E-state index in [1.165, 1.54) is 36.2 Å². The van der Waals surface area contributed by atoms with Gasteiger partial charge in [-0.2, -0.15) is 4.31 Å². The van der Waals surface area contributed by atoms with E-state index in [0.29, 0.717) is 5.56 Å². The van der Waals surface area contributed by atoms with Gasteiger partial charge in [0.15, 0.2) is 0 Å². The van der Waals surface area contributed by atoms with Gasteiger partial charge in [-0.1, -0.05) is 42.5 Å². The lowest BCUT2D eigenvalue weighted by atomic mass is 10.0. The van der Waals surface area contributed by atoms with Crippen molar-refractivity contribution in [3.05, 3.63) is 102 Å². The molecule has 0 unspecified atom stereocenters. The Balaban J connectivity index is 1.94. The number of halogens is 1. The van der Waals surface area contributed by atoms with Gasteiger partial charge >= 0.3 is 0 Å². The SMILES string of the molecule is CN(CC(=O)N(Cc1ccc(F)cc1)[C@@H](Cc1ccccc1)C(=O)NCc1ccncc1)S(C)(=O)=O. The van der Waals surface area contributed by atoms with Crippen LogP contribution in [0.4, 0.5) is 4.39 Å². The highest BCUT2D eigenvalue weighted by atomic mass is 32.2. The number of carbonyl (C=O) groups is 2. The minimum absolute atomic E-state index is 0.00308. The van der Waals surface area contributed by atoms with E-state index in [4.69, 9.17) is 0 Å². The van der Waals surface area contributed by atoms with Crippen molar-refractivity contribution in [2.45, 2.75) is 25.6 Å². The van der Waals surface area contributed by atoms with Crippen molar-refractivity contribution in [2.75, 3.05) is 19.8 Å². The maximum atomic E-state index is 13.5. The van der Waals surface area contributed by atoms with Gasteiger partial charge in [-0.15, -0.1) is 0 Å². The molecule has 190 valence electrons. The van der Waals surface area contributed by atoms with Crippen LogP contribution in [0.25, 0.3) is 0 Å². The first-order valence-corrected chi connectivity index (χ1v) is 13.1. The highest BCUT2D eigenvalue weighted by Gasteiger charge is 2.31. The first kappa shape index (κ1) is 27.0. The van der Waals surface area contributed by atoms with Gasteiger partial charge in [-0.3, -0.25) is 14.6 Å². The molecule has 0 spiro atoms. The van der Waals surface area contributed by atoms with Crippen molar-refractivity contribution in [3.8, 4) is 0 Å². The molecular weight excluding hydrogens is 483 g/mol. The monoisotopic (exact) mass is 512 g/mol. The molecule has 0 aliphatic rings. The van der Waals surface area contributed by atoms with Gasteiger partial charge in [-0.05, 0) is 41.0 Å². The number of carbonyl (C=O) groups excluding carboxylic acids is 2. The van der Waals surface area contributed by atoms with Crippen LogP contribution >= 0.6 is 0 Å². The molecule has 0 fully saturated rings. The average Bonchev–Trinajstić information content (AvgIpc) is 2.86. The van der Waals surface area contributed by atoms with E-state index in [1.54, 1.807) is 24.5 Å². The Morgan fingerprint density at radius 2 is 1.58 bits per heavy atom. The molecule has 3 aromatic rings. The predicted molar refractivity (Wildman–Crippen MR) is 134 cm³/mol. The van der Waals surface area contributed by atoms with Crippen LogP contribution in [0.5, 0.6) is 0 Å². The first-order valence-electron chi connectivity index (χ1n) is 11.3. The Bertz CT molecular complexity index is 1260. The molecule has 0 aliphatic carbocycles. The van der Waals surface area contributed by atoms with Crippen molar-refractivity contribution in [1.82, 2.24) is 19.5 Å². The lowest BCUT2D eigenvalue weighted by Crippen LogP contribution is -2.52. The van der Waals surface area contributed by atoms with Crippen molar-refractivity contribution in [1.29, 1.82) is 0 Å². The summed E-state index contributed by atoms with van der Waals surface area (Å²) in [6.07, 6.45) is 4.45. The van der Waals surface area contributed by atoms with Gasteiger partial charge in [0, 0.05) is 39.0 Å². The van der Waals surface area contributed by atoms with E-state index in [1.807, 2.05) is 30.3 Å². The van der Waals surface area contributed by atoms with Crippen molar-refractivity contribution in [3.63, 3.8) is 0 Å². The van der Waals surface area contributed by atoms with Crippen LogP contribution in [0.1, 0.15) is 16.7 Å². The summed E-state index contributed by atoms with van der Waals surface area (Å²) in [4.78, 5) is 32.2. The Kier molecular flexibility index (Phi) is 9.26. The van der Waals surface area contributed by atoms with Gasteiger partial charge < -0.3 is 10.2 Å². The fourth-order valence-electron chi connectivity index (χ4n) is 3.55. The van der Waals surface area contributed by atoms with Gasteiger partial charge in [0.05, 0.1) is 12.8 Å². The van der Waals surface area contributed by atoms with E-state index >= 15 is 0 Å². The zero-order valence-electron chi connectivity index (χ0n) is 20.2. The number of nitrogens with one attached hydrogen (secondary N) is 1. The average molecular weight is 513 g/mol. The van der Waals surface area contributed by atoms with Crippen LogP contribution in [-0.4, -0.2) is 60.3 Å². The van der Waals surface area contributed by atoms with Crippen LogP contribution in [0.2, 0.25) is 0 Å². The molecule has 2 amide bonds. The summed E-state index contributed by atoms with van der Waals surface area (Å²) in [5.41, 5.74) is 2.27. The van der Waals surface area contributed by atoms with E-state index in [9.17, 15) is 22.4 Å². The second-order valence-corrected chi connectivity index (χ2v) is 10.5. The number of amides is 2. The highest BCUT2D eigenvalue weighted by Crippen LogP contribution is 2.16. The predicted octanol–water partition coefficient (Wildman–Crippen LogP) is 2.37. The fourth-order valence-corrected chi connectivity index (χ4v) is 3.89. The topological polar surface area (TPSA) is 99.7 Å². The van der Waals surface area contributed by atoms with E-state index in [-0.39, 0.29) is 19.5 Å². The lowest BCUT2D eigenvalue weighted by Gasteiger charge is -2.32. The number of sulfonamides is 1. The zero-order chi connectivity index (χ0) is 26.1. The van der Waals surface area contributed by atoms with Crippen LogP contribution in [0, 0.1) is 5.82 Å². The van der Waals surface area contributed by atoms with Crippen molar-refractivity contribution < 1.29 is 22.4 Å². The second-order valence-electron chi connectivity index (χ2n) is 8.45. The summed E-state index contributed by atoms with van der Waals surface area (Å²) in [5.74, 6) is -1.37. The van der Waals surface area contributed by atoms with Gasteiger partial charge in [0.25, 0.3) is 0 Å². The maximum absolute atomic E-state index is 13.5. The number of nitrogens with zero attached hydrogens (tertiary/aromatic N) is 3. The number of benzene rings is 2. The van der Waals surface area contributed by atoms with Gasteiger partial charge in [0.1, 0.15) is 11.9 Å². The van der Waals surface area contributed by atoms with Crippen molar-refractivity contribution >= 4 is 21.8 Å². The highest BCUT2D eigenvalue weighted by molar-refractivity contribution is 7.88. The molecule has 1 aromatic heterocycles. The number of hydrogen-bond donors (Lipinski definition) is 1. The molecule has 2 aromatic carbocycles. The summed E-state index contributed by atoms with van der Waals surface area (Å²) in [7, 11) is -2.33. The first-order chi connectivity index (χ1) is 17.1. The number of rotatable bonds is 11. The number of likely N-dealkylation sites (N-methyl/N-ethyl adjacent to an activating group) is 1. The quantitative estimate of drug-likeness (QED) is 0.425. The normalized spacial score (nSPS) is 12.2. The standard InChI is InChI=1S/C26H29FN4O4S/c1-30(36(2,34)35)19-25(32)31(18-22-8-10-23(27)11-9-22)24(16-20-6-4-3-5-7-20)26(33)29-17-21-12-14-28-15-13-21/h3-15,24H,16-19H2,1-2H3,(H,29,33)/t24-/m0/s1. The summed E-state index contributed by atoms with van der Waals surface area (Å²) in [6.45, 7) is -0.214. The second kappa shape index (κ2) is 12.4. The summed E-state index contributed by atoms with van der Waals surface area (Å²) < 4.78 is 38.4. The van der Waals surface area contributed by atoms with Crippen LogP contribution < -0.4 is 5.32 Å². The Hall–Kier alpha value is -3.63. The number of aromatic nitrogens is 1. The van der Waals surface area contributed by atoms with Gasteiger partial charge in [-0.25, -0.2) is 12.8 Å². The van der Waals surface area contributed by atoms with Crippen LogP contribution in [-0.2, 0) is 39.1 Å². The summed E-state index contributed by atoms with van der Waals surface area (Å²) in [6, 6.07) is 17.4. The number of hydrogen-bond acceptors (Lipinski definition) is 5. The Morgan fingerprint density at radius 3 is 2.19 bits per heavy atom. The maximum Gasteiger partial charge on any atom is 0.243 e. The summed E-state index contributed by atoms with van der Waals surface area (Å²) in [5, 5.41) is 2.88. The largest absolute Gasteiger partial charge is 0.350 e. The molecule has 0 aliphatic heterocycles. The van der Waals surface area contributed by atoms with E-state index in [2.05, 4.69) is 10.3 Å². The Morgan fingerprint density at radius 1 is 0.944 bits per heavy atom. The third kappa shape index (κ3) is 7.96. The molecule has 10 heteroatoms. The van der Waals surface area contributed by atoms with Crippen LogP contribution in [0.3, 0.4) is 0 Å². The van der Waals surface area contributed by atoms with Gasteiger partial charge in [0.2, 0.25) is 21.8 Å². The zero-order valence-corrected chi connectivity index (χ0v) is 21.0. The molecule has 0 bridgehead atoms. The molecule has 3 rings (SSSR count). The molecule has 36 heavy (non-hydrogen) atoms. The van der Waals surface area contributed by atoms with E-state index in [0.717, 1.165) is 21.7 Å². The molecule has 0 radical (unpaired) electrons. The number of pyridine rings is 1. The molecular formula is C26H29FN4O4S. The smallest absolute Gasteiger partial charge is 0.243 e. The third-order valence-electron chi connectivity index (χ3n) is 5.68. The molecule has 1 N–H and O–H groups in total.